The molecule has 0 atom stereocenters. The van der Waals surface area contributed by atoms with E-state index in [0.717, 1.165) is 25.3 Å². The number of rotatable bonds is 6. The van der Waals surface area contributed by atoms with Crippen molar-refractivity contribution in [2.24, 2.45) is 5.41 Å². The molecular formula is C14H17ClN2O. The fourth-order valence-corrected chi connectivity index (χ4v) is 2.27. The maximum absolute atomic E-state index is 8.78. The van der Waals surface area contributed by atoms with Crippen LogP contribution < -0.4 is 5.32 Å². The molecule has 0 saturated heterocycles. The molecule has 4 heteroatoms. The average molecular weight is 265 g/mol. The molecule has 0 aliphatic heterocycles. The molecule has 1 aromatic rings. The number of ether oxygens (including phenoxy) is 1. The Morgan fingerprint density at radius 2 is 2.28 bits per heavy atom. The van der Waals surface area contributed by atoms with Crippen LogP contribution in [-0.2, 0) is 4.74 Å². The highest BCUT2D eigenvalue weighted by molar-refractivity contribution is 6.33. The lowest BCUT2D eigenvalue weighted by Crippen LogP contribution is -2.17. The topological polar surface area (TPSA) is 45.0 Å². The van der Waals surface area contributed by atoms with Gasteiger partial charge in [-0.05, 0) is 42.9 Å². The Kier molecular flexibility index (Phi) is 4.11. The van der Waals surface area contributed by atoms with Gasteiger partial charge in [0.2, 0.25) is 0 Å². The van der Waals surface area contributed by atoms with Crippen molar-refractivity contribution in [3.05, 3.63) is 28.8 Å². The zero-order valence-electron chi connectivity index (χ0n) is 10.5. The number of nitrogens with one attached hydrogen (secondary N) is 1. The SMILES string of the molecule is COCCC1(CNc2ccc(C#N)cc2Cl)CC1. The van der Waals surface area contributed by atoms with Crippen LogP contribution in [0.4, 0.5) is 5.69 Å². The summed E-state index contributed by atoms with van der Waals surface area (Å²) in [4.78, 5) is 0. The number of nitrogens with zero attached hydrogens (tertiary/aromatic N) is 1. The predicted octanol–water partition coefficient (Wildman–Crippen LogP) is 3.44. The molecule has 0 aromatic heterocycles. The third-order valence-corrected chi connectivity index (χ3v) is 3.86. The van der Waals surface area contributed by atoms with E-state index in [1.165, 1.54) is 12.8 Å². The van der Waals surface area contributed by atoms with Gasteiger partial charge in [-0.2, -0.15) is 5.26 Å². The fourth-order valence-electron chi connectivity index (χ4n) is 2.02. The Balaban J connectivity index is 1.93. The maximum Gasteiger partial charge on any atom is 0.0992 e. The monoisotopic (exact) mass is 264 g/mol. The van der Waals surface area contributed by atoms with Gasteiger partial charge in [-0.1, -0.05) is 11.6 Å². The summed E-state index contributed by atoms with van der Waals surface area (Å²) in [5, 5.41) is 12.8. The molecule has 1 saturated carbocycles. The number of hydrogen-bond acceptors (Lipinski definition) is 3. The summed E-state index contributed by atoms with van der Waals surface area (Å²) in [7, 11) is 1.74. The minimum absolute atomic E-state index is 0.382. The quantitative estimate of drug-likeness (QED) is 0.856. The second-order valence-electron chi connectivity index (χ2n) is 4.90. The minimum Gasteiger partial charge on any atom is -0.385 e. The van der Waals surface area contributed by atoms with E-state index >= 15 is 0 Å². The molecule has 96 valence electrons. The molecule has 0 amide bonds. The summed E-state index contributed by atoms with van der Waals surface area (Å²) in [5.41, 5.74) is 1.87. The molecule has 1 N–H and O–H groups in total. The molecule has 1 aliphatic carbocycles. The summed E-state index contributed by atoms with van der Waals surface area (Å²) < 4.78 is 5.13. The zero-order chi connectivity index (χ0) is 13.0. The van der Waals surface area contributed by atoms with Crippen LogP contribution in [0.2, 0.25) is 5.02 Å². The highest BCUT2D eigenvalue weighted by Gasteiger charge is 2.41. The minimum atomic E-state index is 0.382. The molecule has 1 aromatic carbocycles. The van der Waals surface area contributed by atoms with Gasteiger partial charge in [0.25, 0.3) is 0 Å². The molecule has 0 spiro atoms. The van der Waals surface area contributed by atoms with Crippen molar-refractivity contribution in [1.82, 2.24) is 0 Å². The molecule has 0 bridgehead atoms. The molecule has 18 heavy (non-hydrogen) atoms. The first kappa shape index (κ1) is 13.2. The van der Waals surface area contributed by atoms with E-state index in [-0.39, 0.29) is 0 Å². The van der Waals surface area contributed by atoms with Crippen LogP contribution in [0, 0.1) is 16.7 Å². The lowest BCUT2D eigenvalue weighted by atomic mass is 10.0. The van der Waals surface area contributed by atoms with Crippen LogP contribution in [0.5, 0.6) is 0 Å². The first-order valence-electron chi connectivity index (χ1n) is 6.12. The first-order valence-corrected chi connectivity index (χ1v) is 6.49. The Bertz CT molecular complexity index is 463. The van der Waals surface area contributed by atoms with Gasteiger partial charge in [-0.3, -0.25) is 0 Å². The van der Waals surface area contributed by atoms with Gasteiger partial charge in [0.15, 0.2) is 0 Å². The van der Waals surface area contributed by atoms with Gasteiger partial charge < -0.3 is 10.1 Å². The van der Waals surface area contributed by atoms with Crippen molar-refractivity contribution < 1.29 is 4.74 Å². The summed E-state index contributed by atoms with van der Waals surface area (Å²) in [6.45, 7) is 1.73. The number of anilines is 1. The molecular weight excluding hydrogens is 248 g/mol. The average Bonchev–Trinajstić information content (AvgIpc) is 3.15. The number of benzene rings is 1. The van der Waals surface area contributed by atoms with Crippen molar-refractivity contribution in [2.75, 3.05) is 25.6 Å². The maximum atomic E-state index is 8.78. The number of methoxy groups -OCH3 is 1. The van der Waals surface area contributed by atoms with Gasteiger partial charge in [0.05, 0.1) is 22.3 Å². The molecule has 2 rings (SSSR count). The molecule has 0 unspecified atom stereocenters. The van der Waals surface area contributed by atoms with E-state index in [0.29, 0.717) is 16.0 Å². The Labute approximate surface area is 113 Å². The summed E-state index contributed by atoms with van der Waals surface area (Å²) in [5.74, 6) is 0. The van der Waals surface area contributed by atoms with Crippen molar-refractivity contribution in [1.29, 1.82) is 5.26 Å². The third-order valence-electron chi connectivity index (χ3n) is 3.55. The zero-order valence-corrected chi connectivity index (χ0v) is 11.3. The largest absolute Gasteiger partial charge is 0.385 e. The molecule has 1 aliphatic rings. The Morgan fingerprint density at radius 3 is 2.83 bits per heavy atom. The molecule has 0 heterocycles. The molecule has 0 radical (unpaired) electrons. The van der Waals surface area contributed by atoms with Gasteiger partial charge in [-0.25, -0.2) is 0 Å². The Hall–Kier alpha value is -1.24. The number of halogens is 1. The van der Waals surface area contributed by atoms with Crippen LogP contribution in [0.25, 0.3) is 0 Å². The van der Waals surface area contributed by atoms with E-state index < -0.39 is 0 Å². The van der Waals surface area contributed by atoms with E-state index in [1.54, 1.807) is 19.2 Å². The highest BCUT2D eigenvalue weighted by Crippen LogP contribution is 2.48. The van der Waals surface area contributed by atoms with Crippen molar-refractivity contribution >= 4 is 17.3 Å². The summed E-state index contributed by atoms with van der Waals surface area (Å²) >= 11 is 6.12. The smallest absolute Gasteiger partial charge is 0.0992 e. The van der Waals surface area contributed by atoms with Crippen LogP contribution >= 0.6 is 11.6 Å². The van der Waals surface area contributed by atoms with Crippen LogP contribution in [-0.4, -0.2) is 20.3 Å². The van der Waals surface area contributed by atoms with Crippen molar-refractivity contribution in [3.63, 3.8) is 0 Å². The van der Waals surface area contributed by atoms with Gasteiger partial charge in [0.1, 0.15) is 0 Å². The second-order valence-corrected chi connectivity index (χ2v) is 5.31. The lowest BCUT2D eigenvalue weighted by molar-refractivity contribution is 0.175. The second kappa shape index (κ2) is 5.60. The Morgan fingerprint density at radius 1 is 1.50 bits per heavy atom. The van der Waals surface area contributed by atoms with E-state index in [2.05, 4.69) is 11.4 Å². The summed E-state index contributed by atoms with van der Waals surface area (Å²) in [6, 6.07) is 7.42. The van der Waals surface area contributed by atoms with Gasteiger partial charge in [0, 0.05) is 20.3 Å². The van der Waals surface area contributed by atoms with Gasteiger partial charge >= 0.3 is 0 Å². The molecule has 3 nitrogen and oxygen atoms in total. The van der Waals surface area contributed by atoms with E-state index in [9.17, 15) is 0 Å². The van der Waals surface area contributed by atoms with Crippen molar-refractivity contribution in [3.8, 4) is 6.07 Å². The number of hydrogen-bond donors (Lipinski definition) is 1. The lowest BCUT2D eigenvalue weighted by Gasteiger charge is -2.17. The van der Waals surface area contributed by atoms with Crippen LogP contribution in [0.15, 0.2) is 18.2 Å². The van der Waals surface area contributed by atoms with E-state index in [1.807, 2.05) is 6.07 Å². The van der Waals surface area contributed by atoms with E-state index in [4.69, 9.17) is 21.6 Å². The highest BCUT2D eigenvalue weighted by atomic mass is 35.5. The van der Waals surface area contributed by atoms with Crippen LogP contribution in [0.3, 0.4) is 0 Å². The first-order chi connectivity index (χ1) is 8.69. The third kappa shape index (κ3) is 3.16. The standard InChI is InChI=1S/C14H17ClN2O/c1-18-7-6-14(4-5-14)10-17-13-3-2-11(9-16)8-12(13)15/h2-3,8,17H,4-7,10H2,1H3. The summed E-state index contributed by atoms with van der Waals surface area (Å²) in [6.07, 6.45) is 3.58. The predicted molar refractivity (Wildman–Crippen MR) is 72.8 cm³/mol. The van der Waals surface area contributed by atoms with Gasteiger partial charge in [-0.15, -0.1) is 0 Å². The van der Waals surface area contributed by atoms with Crippen LogP contribution in [0.1, 0.15) is 24.8 Å². The fraction of sp³-hybridized carbons (Fsp3) is 0.500. The van der Waals surface area contributed by atoms with Crippen molar-refractivity contribution in [2.45, 2.75) is 19.3 Å². The number of nitriles is 1. The molecule has 1 fully saturated rings. The normalized spacial score (nSPS) is 16.1.